The number of carbonyl (C=O) groups excluding carboxylic acids is 2. The van der Waals surface area contributed by atoms with Gasteiger partial charge in [0.1, 0.15) is 29.6 Å². The highest BCUT2D eigenvalue weighted by Crippen LogP contribution is 2.27. The van der Waals surface area contributed by atoms with Crippen molar-refractivity contribution in [2.45, 2.75) is 26.5 Å². The Morgan fingerprint density at radius 3 is 2.24 bits per heavy atom. The predicted molar refractivity (Wildman–Crippen MR) is 143 cm³/mol. The van der Waals surface area contributed by atoms with Gasteiger partial charge < -0.3 is 23.9 Å². The number of hydrogen-bond acceptors (Lipinski definition) is 4. The molecule has 0 unspecified atom stereocenters. The van der Waals surface area contributed by atoms with E-state index >= 15 is 0 Å². The van der Waals surface area contributed by atoms with Crippen molar-refractivity contribution in [3.8, 4) is 17.2 Å². The van der Waals surface area contributed by atoms with E-state index in [1.165, 1.54) is 12.1 Å². The lowest BCUT2D eigenvalue weighted by Crippen LogP contribution is -2.22. The third-order valence-electron chi connectivity index (χ3n) is 5.83. The van der Waals surface area contributed by atoms with Gasteiger partial charge in [-0.2, -0.15) is 0 Å². The molecular formula is C30H26FN3O4. The molecule has 0 aliphatic rings. The minimum atomic E-state index is -0.530. The van der Waals surface area contributed by atoms with Gasteiger partial charge in [0, 0.05) is 17.6 Å². The van der Waals surface area contributed by atoms with Gasteiger partial charge in [-0.15, -0.1) is 0 Å². The van der Waals surface area contributed by atoms with Crippen molar-refractivity contribution in [3.63, 3.8) is 0 Å². The number of benzene rings is 3. The Bertz CT molecular complexity index is 1570. The van der Waals surface area contributed by atoms with E-state index in [2.05, 4.69) is 5.32 Å². The molecule has 5 aromatic rings. The van der Waals surface area contributed by atoms with Crippen LogP contribution < -0.4 is 10.1 Å². The Kier molecular flexibility index (Phi) is 6.95. The van der Waals surface area contributed by atoms with Crippen LogP contribution in [0.5, 0.6) is 11.5 Å². The van der Waals surface area contributed by atoms with E-state index in [9.17, 15) is 14.0 Å². The predicted octanol–water partition coefficient (Wildman–Crippen LogP) is 6.57. The van der Waals surface area contributed by atoms with Gasteiger partial charge in [-0.1, -0.05) is 18.2 Å². The lowest BCUT2D eigenvalue weighted by molar-refractivity contribution is -0.116. The Morgan fingerprint density at radius 1 is 0.868 bits per heavy atom. The average molecular weight is 512 g/mol. The fraction of sp³-hybridized carbons (Fsp3) is 0.133. The summed E-state index contributed by atoms with van der Waals surface area (Å²) in [6.45, 7) is 3.42. The van der Waals surface area contributed by atoms with E-state index in [1.807, 2.05) is 47.2 Å². The first-order chi connectivity index (χ1) is 18.4. The van der Waals surface area contributed by atoms with Crippen molar-refractivity contribution in [2.75, 3.05) is 5.32 Å². The molecule has 7 nitrogen and oxygen atoms in total. The molecule has 0 radical (unpaired) electrons. The van der Waals surface area contributed by atoms with E-state index in [0.29, 0.717) is 28.2 Å². The molecule has 3 aromatic carbocycles. The zero-order chi connectivity index (χ0) is 26.6. The number of nitrogens with one attached hydrogen (secondary N) is 1. The summed E-state index contributed by atoms with van der Waals surface area (Å²) in [6.07, 6.45) is 1.49. The zero-order valence-corrected chi connectivity index (χ0v) is 20.9. The van der Waals surface area contributed by atoms with E-state index in [-0.39, 0.29) is 30.1 Å². The quantitative estimate of drug-likeness (QED) is 0.239. The number of ether oxygens (including phenoxy) is 2. The summed E-state index contributed by atoms with van der Waals surface area (Å²) in [5.74, 6) is 0.174. The fourth-order valence-electron chi connectivity index (χ4n) is 4.16. The molecular weight excluding hydrogens is 485 g/mol. The molecule has 0 saturated carbocycles. The number of para-hydroxylation sites is 1. The molecule has 8 heteroatoms. The van der Waals surface area contributed by atoms with Crippen LogP contribution in [0.3, 0.4) is 0 Å². The summed E-state index contributed by atoms with van der Waals surface area (Å²) < 4.78 is 28.2. The van der Waals surface area contributed by atoms with Crippen LogP contribution in [-0.2, 0) is 16.1 Å². The van der Waals surface area contributed by atoms with E-state index < -0.39 is 5.97 Å². The number of halogens is 1. The zero-order valence-electron chi connectivity index (χ0n) is 20.9. The van der Waals surface area contributed by atoms with Crippen LogP contribution in [0.2, 0.25) is 0 Å². The standard InChI is InChI=1S/C30H26FN3O4/c1-20(2)37-30(36)28-18-27-26(16-17-33(27)23-12-8-21(31)9-13-23)34(28)19-29(35)32-22-10-14-25(15-11-22)38-24-6-4-3-5-7-24/h3-18,20H,19H2,1-2H3,(H,32,35). The molecule has 38 heavy (non-hydrogen) atoms. The Labute approximate surface area is 219 Å². The van der Waals surface area contributed by atoms with Crippen molar-refractivity contribution >= 4 is 28.6 Å². The summed E-state index contributed by atoms with van der Waals surface area (Å²) in [5.41, 5.74) is 2.94. The number of nitrogens with zero attached hydrogens (tertiary/aromatic N) is 2. The highest BCUT2D eigenvalue weighted by Gasteiger charge is 2.22. The number of amides is 1. The number of anilines is 1. The van der Waals surface area contributed by atoms with Gasteiger partial charge >= 0.3 is 5.97 Å². The molecule has 0 bridgehead atoms. The minimum Gasteiger partial charge on any atom is -0.458 e. The molecule has 1 N–H and O–H groups in total. The summed E-state index contributed by atoms with van der Waals surface area (Å²) in [6, 6.07) is 26.0. The lowest BCUT2D eigenvalue weighted by atomic mass is 10.3. The van der Waals surface area contributed by atoms with Crippen molar-refractivity contribution in [1.29, 1.82) is 0 Å². The van der Waals surface area contributed by atoms with Crippen LogP contribution in [0, 0.1) is 5.82 Å². The molecule has 0 aliphatic carbocycles. The first kappa shape index (κ1) is 24.8. The highest BCUT2D eigenvalue weighted by atomic mass is 19.1. The molecule has 0 aliphatic heterocycles. The summed E-state index contributed by atoms with van der Waals surface area (Å²) in [5, 5.41) is 2.87. The molecule has 0 spiro atoms. The van der Waals surface area contributed by atoms with Gasteiger partial charge in [-0.05, 0) is 86.6 Å². The molecule has 5 rings (SSSR count). The topological polar surface area (TPSA) is 74.5 Å². The molecule has 1 amide bonds. The SMILES string of the molecule is CC(C)OC(=O)c1cc2c(ccn2-c2ccc(F)cc2)n1CC(=O)Nc1ccc(Oc2ccccc2)cc1. The van der Waals surface area contributed by atoms with Crippen molar-refractivity contribution in [3.05, 3.63) is 109 Å². The highest BCUT2D eigenvalue weighted by molar-refractivity contribution is 5.98. The van der Waals surface area contributed by atoms with Gasteiger partial charge in [0.05, 0.1) is 17.1 Å². The normalized spacial score (nSPS) is 11.1. The van der Waals surface area contributed by atoms with E-state index in [1.54, 1.807) is 60.9 Å². The van der Waals surface area contributed by atoms with Gasteiger partial charge in [0.2, 0.25) is 5.91 Å². The van der Waals surface area contributed by atoms with E-state index in [0.717, 1.165) is 5.69 Å². The monoisotopic (exact) mass is 511 g/mol. The minimum absolute atomic E-state index is 0.109. The van der Waals surface area contributed by atoms with Gasteiger partial charge in [-0.3, -0.25) is 4.79 Å². The van der Waals surface area contributed by atoms with Crippen LogP contribution in [0.1, 0.15) is 24.3 Å². The fourth-order valence-corrected chi connectivity index (χ4v) is 4.16. The summed E-state index contributed by atoms with van der Waals surface area (Å²) >= 11 is 0. The first-order valence-electron chi connectivity index (χ1n) is 12.2. The second kappa shape index (κ2) is 10.6. The molecule has 192 valence electrons. The largest absolute Gasteiger partial charge is 0.458 e. The molecule has 0 saturated heterocycles. The van der Waals surface area contributed by atoms with Crippen LogP contribution in [0.25, 0.3) is 16.7 Å². The molecule has 0 fully saturated rings. The van der Waals surface area contributed by atoms with Crippen LogP contribution in [0.4, 0.5) is 10.1 Å². The number of hydrogen-bond donors (Lipinski definition) is 1. The maximum Gasteiger partial charge on any atom is 0.355 e. The van der Waals surface area contributed by atoms with Crippen molar-refractivity contribution in [1.82, 2.24) is 9.13 Å². The van der Waals surface area contributed by atoms with Crippen molar-refractivity contribution in [2.24, 2.45) is 0 Å². The van der Waals surface area contributed by atoms with Gasteiger partial charge in [0.25, 0.3) is 0 Å². The number of rotatable bonds is 8. The molecule has 2 heterocycles. The van der Waals surface area contributed by atoms with E-state index in [4.69, 9.17) is 9.47 Å². The smallest absolute Gasteiger partial charge is 0.355 e. The maximum absolute atomic E-state index is 13.5. The second-order valence-corrected chi connectivity index (χ2v) is 8.99. The molecule has 2 aromatic heterocycles. The number of aromatic nitrogens is 2. The lowest BCUT2D eigenvalue weighted by Gasteiger charge is -2.12. The van der Waals surface area contributed by atoms with Crippen LogP contribution in [0.15, 0.2) is 97.2 Å². The number of carbonyl (C=O) groups is 2. The van der Waals surface area contributed by atoms with Gasteiger partial charge in [-0.25, -0.2) is 9.18 Å². The first-order valence-corrected chi connectivity index (χ1v) is 12.2. The number of esters is 1. The Morgan fingerprint density at radius 2 is 1.55 bits per heavy atom. The number of fused-ring (bicyclic) bond motifs is 1. The average Bonchev–Trinajstić information content (AvgIpc) is 3.46. The third-order valence-corrected chi connectivity index (χ3v) is 5.83. The Hall–Kier alpha value is -4.85. The van der Waals surface area contributed by atoms with Crippen molar-refractivity contribution < 1.29 is 23.5 Å². The molecule has 0 atom stereocenters. The van der Waals surface area contributed by atoms with Crippen LogP contribution in [-0.4, -0.2) is 27.1 Å². The third kappa shape index (κ3) is 5.44. The Balaban J connectivity index is 1.38. The maximum atomic E-state index is 13.5. The summed E-state index contributed by atoms with van der Waals surface area (Å²) in [4.78, 5) is 26.0. The summed E-state index contributed by atoms with van der Waals surface area (Å²) in [7, 11) is 0. The second-order valence-electron chi connectivity index (χ2n) is 8.99. The van der Waals surface area contributed by atoms with Gasteiger partial charge in [0.15, 0.2) is 0 Å². The van der Waals surface area contributed by atoms with Crippen LogP contribution >= 0.6 is 0 Å².